The van der Waals surface area contributed by atoms with Gasteiger partial charge in [0.1, 0.15) is 0 Å². The second-order valence-electron chi connectivity index (χ2n) is 1.54. The summed E-state index contributed by atoms with van der Waals surface area (Å²) in [7, 11) is 0. The standard InChI is InChI=1S/C7H5NO.CH3I/c9-6-8-7-4-2-1-3-5-7;1-2/h1-5H;1H3. The van der Waals surface area contributed by atoms with E-state index in [1.807, 2.05) is 23.1 Å². The molecule has 0 unspecified atom stereocenters. The maximum atomic E-state index is 9.68. The zero-order valence-corrected chi connectivity index (χ0v) is 8.28. The third-order valence-electron chi connectivity index (χ3n) is 0.931. The van der Waals surface area contributed by atoms with E-state index >= 15 is 0 Å². The molecular weight excluding hydrogens is 253 g/mol. The highest BCUT2D eigenvalue weighted by Gasteiger charge is 1.79. The van der Waals surface area contributed by atoms with Gasteiger partial charge in [0, 0.05) is 0 Å². The van der Waals surface area contributed by atoms with Crippen LogP contribution < -0.4 is 0 Å². The van der Waals surface area contributed by atoms with E-state index in [-0.39, 0.29) is 0 Å². The smallest absolute Gasteiger partial charge is 0.211 e. The van der Waals surface area contributed by atoms with Crippen LogP contribution in [0.25, 0.3) is 0 Å². The van der Waals surface area contributed by atoms with Crippen LogP contribution in [0.15, 0.2) is 35.3 Å². The van der Waals surface area contributed by atoms with Gasteiger partial charge in [0.05, 0.1) is 5.69 Å². The number of aliphatic imine (C=N–C) groups is 1. The SMILES string of the molecule is CI.O=C=Nc1ccccc1. The molecule has 11 heavy (non-hydrogen) atoms. The molecule has 0 bridgehead atoms. The lowest BCUT2D eigenvalue weighted by Crippen LogP contribution is -1.59. The van der Waals surface area contributed by atoms with Crippen molar-refractivity contribution in [2.45, 2.75) is 0 Å². The normalized spacial score (nSPS) is 7.09. The predicted molar refractivity (Wildman–Crippen MR) is 54.2 cm³/mol. The predicted octanol–water partition coefficient (Wildman–Crippen LogP) is 2.71. The molecule has 58 valence electrons. The van der Waals surface area contributed by atoms with Crippen molar-refractivity contribution in [3.05, 3.63) is 30.3 Å². The van der Waals surface area contributed by atoms with Crippen LogP contribution in [0, 0.1) is 0 Å². The van der Waals surface area contributed by atoms with Gasteiger partial charge < -0.3 is 0 Å². The van der Waals surface area contributed by atoms with Crippen molar-refractivity contribution in [3.63, 3.8) is 0 Å². The largest absolute Gasteiger partial charge is 0.240 e. The molecule has 0 heterocycles. The summed E-state index contributed by atoms with van der Waals surface area (Å²) in [6.07, 6.45) is 1.46. The molecule has 0 saturated heterocycles. The van der Waals surface area contributed by atoms with E-state index < -0.39 is 0 Å². The number of alkyl halides is 1. The molecule has 1 rings (SSSR count). The van der Waals surface area contributed by atoms with E-state index in [4.69, 9.17) is 0 Å². The molecule has 2 nitrogen and oxygen atoms in total. The molecule has 0 N–H and O–H groups in total. The van der Waals surface area contributed by atoms with Crippen molar-refractivity contribution < 1.29 is 4.79 Å². The molecule has 0 aliphatic rings. The van der Waals surface area contributed by atoms with Gasteiger partial charge in [-0.3, -0.25) is 0 Å². The van der Waals surface area contributed by atoms with Crippen molar-refractivity contribution in [1.82, 2.24) is 0 Å². The first-order chi connectivity index (χ1) is 5.43. The summed E-state index contributed by atoms with van der Waals surface area (Å²) in [5, 5.41) is 0. The maximum absolute atomic E-state index is 9.68. The minimum atomic E-state index is 0.646. The second-order valence-corrected chi connectivity index (χ2v) is 1.54. The second kappa shape index (κ2) is 7.44. The van der Waals surface area contributed by atoms with Gasteiger partial charge in [0.25, 0.3) is 0 Å². The molecule has 0 aromatic heterocycles. The minimum Gasteiger partial charge on any atom is -0.211 e. The number of hydrogen-bond acceptors (Lipinski definition) is 2. The summed E-state index contributed by atoms with van der Waals surface area (Å²) in [6.45, 7) is 0. The number of nitrogens with zero attached hydrogens (tertiary/aromatic N) is 1. The summed E-state index contributed by atoms with van der Waals surface area (Å²) in [4.78, 5) is 15.1. The Kier molecular flexibility index (Phi) is 6.98. The highest BCUT2D eigenvalue weighted by Crippen LogP contribution is 2.06. The van der Waals surface area contributed by atoms with Crippen molar-refractivity contribution in [1.29, 1.82) is 0 Å². The fourth-order valence-corrected chi connectivity index (χ4v) is 0.555. The topological polar surface area (TPSA) is 29.4 Å². The lowest BCUT2D eigenvalue weighted by molar-refractivity contribution is 0.565. The zero-order chi connectivity index (χ0) is 8.53. The van der Waals surface area contributed by atoms with Crippen LogP contribution in [-0.4, -0.2) is 11.0 Å². The Hall–Kier alpha value is -0.670. The first-order valence-electron chi connectivity index (χ1n) is 2.94. The third-order valence-corrected chi connectivity index (χ3v) is 0.931. The Morgan fingerprint density at radius 1 is 1.27 bits per heavy atom. The van der Waals surface area contributed by atoms with Gasteiger partial charge in [0.15, 0.2) is 0 Å². The van der Waals surface area contributed by atoms with Crippen LogP contribution in [0.5, 0.6) is 0 Å². The van der Waals surface area contributed by atoms with Crippen molar-refractivity contribution in [2.24, 2.45) is 4.99 Å². The number of hydrogen-bond donors (Lipinski definition) is 0. The molecule has 1 aromatic carbocycles. The Bertz CT molecular complexity index is 229. The van der Waals surface area contributed by atoms with Gasteiger partial charge in [-0.05, 0) is 17.1 Å². The fourth-order valence-electron chi connectivity index (χ4n) is 0.555. The van der Waals surface area contributed by atoms with Crippen molar-refractivity contribution in [3.8, 4) is 0 Å². The van der Waals surface area contributed by atoms with Crippen LogP contribution >= 0.6 is 22.6 Å². The first kappa shape index (κ1) is 10.3. The molecule has 0 radical (unpaired) electrons. The minimum absolute atomic E-state index is 0.646. The van der Waals surface area contributed by atoms with Crippen LogP contribution in [0.3, 0.4) is 0 Å². The highest BCUT2D eigenvalue weighted by atomic mass is 127. The first-order valence-corrected chi connectivity index (χ1v) is 5.10. The number of para-hydroxylation sites is 1. The van der Waals surface area contributed by atoms with E-state index in [2.05, 4.69) is 27.6 Å². The monoisotopic (exact) mass is 261 g/mol. The average molecular weight is 261 g/mol. The van der Waals surface area contributed by atoms with Gasteiger partial charge in [0.2, 0.25) is 6.08 Å². The van der Waals surface area contributed by atoms with Crippen LogP contribution in [-0.2, 0) is 4.79 Å². The van der Waals surface area contributed by atoms with Crippen LogP contribution in [0.2, 0.25) is 0 Å². The Labute approximate surface area is 79.5 Å². The zero-order valence-electron chi connectivity index (χ0n) is 6.12. The van der Waals surface area contributed by atoms with Crippen molar-refractivity contribution in [2.75, 3.05) is 4.93 Å². The summed E-state index contributed by atoms with van der Waals surface area (Å²) in [5.41, 5.74) is 0.646. The summed E-state index contributed by atoms with van der Waals surface area (Å²) in [6, 6.07) is 8.98. The highest BCUT2D eigenvalue weighted by molar-refractivity contribution is 14.1. The molecule has 0 saturated carbocycles. The van der Waals surface area contributed by atoms with E-state index in [9.17, 15) is 4.79 Å². The van der Waals surface area contributed by atoms with Gasteiger partial charge >= 0.3 is 0 Å². The molecule has 3 heteroatoms. The van der Waals surface area contributed by atoms with E-state index in [1.165, 1.54) is 6.08 Å². The molecule has 0 amide bonds. The molecule has 0 fully saturated rings. The number of benzene rings is 1. The van der Waals surface area contributed by atoms with Crippen molar-refractivity contribution >= 4 is 34.4 Å². The lowest BCUT2D eigenvalue weighted by Gasteiger charge is -1.83. The van der Waals surface area contributed by atoms with Gasteiger partial charge in [-0.25, -0.2) is 4.79 Å². The average Bonchev–Trinajstić information content (AvgIpc) is 2.11. The van der Waals surface area contributed by atoms with Gasteiger partial charge in [-0.15, -0.1) is 0 Å². The molecule has 0 spiro atoms. The van der Waals surface area contributed by atoms with Crippen LogP contribution in [0.1, 0.15) is 0 Å². The molecule has 0 aliphatic heterocycles. The molecule has 0 atom stereocenters. The summed E-state index contributed by atoms with van der Waals surface area (Å²) in [5.74, 6) is 0. The number of isocyanates is 1. The molecular formula is C8H8INO. The Morgan fingerprint density at radius 2 is 1.82 bits per heavy atom. The van der Waals surface area contributed by atoms with Crippen LogP contribution in [0.4, 0.5) is 5.69 Å². The number of halogens is 1. The number of rotatable bonds is 1. The van der Waals surface area contributed by atoms with E-state index in [0.717, 1.165) is 0 Å². The number of carbonyl (C=O) groups excluding carboxylic acids is 1. The van der Waals surface area contributed by atoms with Gasteiger partial charge in [-0.2, -0.15) is 4.99 Å². The Balaban J connectivity index is 0.000000461. The maximum Gasteiger partial charge on any atom is 0.240 e. The molecule has 0 aliphatic carbocycles. The quantitative estimate of drug-likeness (QED) is 0.331. The summed E-state index contributed by atoms with van der Waals surface area (Å²) >= 11 is 2.15. The van der Waals surface area contributed by atoms with E-state index in [1.54, 1.807) is 12.1 Å². The lowest BCUT2D eigenvalue weighted by atomic mass is 10.3. The molecule has 1 aromatic rings. The summed E-state index contributed by atoms with van der Waals surface area (Å²) < 4.78 is 0. The van der Waals surface area contributed by atoms with Gasteiger partial charge in [-0.1, -0.05) is 40.8 Å². The Morgan fingerprint density at radius 3 is 2.27 bits per heavy atom. The third kappa shape index (κ3) is 4.70. The fraction of sp³-hybridized carbons (Fsp3) is 0.125. The van der Waals surface area contributed by atoms with E-state index in [0.29, 0.717) is 5.69 Å².